The second kappa shape index (κ2) is 12.3. The summed E-state index contributed by atoms with van der Waals surface area (Å²) in [6.45, 7) is 0. The van der Waals surface area contributed by atoms with Crippen LogP contribution in [0.5, 0.6) is 0 Å². The fourth-order valence-electron chi connectivity index (χ4n) is 9.88. The highest BCUT2D eigenvalue weighted by molar-refractivity contribution is 6.14. The maximum Gasteiger partial charge on any atom is 0.136 e. The molecule has 57 heavy (non-hydrogen) atoms. The number of nitrogens with zero attached hydrogens (tertiary/aromatic N) is 2. The Balaban J connectivity index is 1.13. The summed E-state index contributed by atoms with van der Waals surface area (Å²) in [5, 5.41) is 2.23. The van der Waals surface area contributed by atoms with Crippen molar-refractivity contribution in [2.45, 2.75) is 5.41 Å². The van der Waals surface area contributed by atoms with E-state index in [1.54, 1.807) is 0 Å². The van der Waals surface area contributed by atoms with Crippen LogP contribution >= 0.6 is 0 Å². The van der Waals surface area contributed by atoms with E-state index >= 15 is 0 Å². The van der Waals surface area contributed by atoms with Gasteiger partial charge in [0.25, 0.3) is 0 Å². The molecule has 0 amide bonds. The van der Waals surface area contributed by atoms with E-state index in [1.165, 1.54) is 44.5 Å². The Labute approximate surface area is 330 Å². The molecular weight excluding hydrogens is 693 g/mol. The number of pyridine rings is 1. The minimum atomic E-state index is -0.453. The zero-order chi connectivity index (χ0) is 37.5. The maximum absolute atomic E-state index is 6.41. The number of hydrogen-bond acceptors (Lipinski definition) is 3. The van der Waals surface area contributed by atoms with Crippen molar-refractivity contribution in [1.82, 2.24) is 4.98 Å². The zero-order valence-corrected chi connectivity index (χ0v) is 30.9. The molecule has 3 nitrogen and oxygen atoms in total. The highest BCUT2D eigenvalue weighted by Gasteiger charge is 2.51. The fourth-order valence-corrected chi connectivity index (χ4v) is 9.88. The van der Waals surface area contributed by atoms with Crippen molar-refractivity contribution in [3.63, 3.8) is 0 Å². The lowest BCUT2D eigenvalue weighted by Gasteiger charge is -2.32. The second-order valence-electron chi connectivity index (χ2n) is 15.0. The first-order valence-electron chi connectivity index (χ1n) is 19.5. The largest absolute Gasteiger partial charge is 0.456 e. The van der Waals surface area contributed by atoms with E-state index in [0.29, 0.717) is 0 Å². The van der Waals surface area contributed by atoms with Crippen LogP contribution in [0.3, 0.4) is 0 Å². The molecule has 2 aliphatic carbocycles. The van der Waals surface area contributed by atoms with E-state index in [0.717, 1.165) is 61.3 Å². The average molecular weight is 727 g/mol. The van der Waals surface area contributed by atoms with E-state index in [-0.39, 0.29) is 0 Å². The number of anilines is 3. The van der Waals surface area contributed by atoms with Crippen LogP contribution in [0.25, 0.3) is 66.4 Å². The molecular formula is C54H34N2O. The van der Waals surface area contributed by atoms with Crippen LogP contribution in [-0.2, 0) is 5.41 Å². The van der Waals surface area contributed by atoms with Crippen molar-refractivity contribution < 1.29 is 4.42 Å². The Bertz CT molecular complexity index is 3130. The molecule has 8 aromatic carbocycles. The standard InChI is InChI=1S/C54H34N2O/c1-6-20-46-39(14-1)40-15-2-7-21-47(40)54(46)48-22-8-3-16-41(48)42-31-30-38(33-49(42)54)56(37-28-26-35(27-29-37)36-13-12-32-55-34-36)50-23-9-4-17-43(50)44-19-11-25-52-53(44)45-18-5-10-24-51(45)57-52/h1-34H. The summed E-state index contributed by atoms with van der Waals surface area (Å²) >= 11 is 0. The lowest BCUT2D eigenvalue weighted by Crippen LogP contribution is -2.26. The van der Waals surface area contributed by atoms with Gasteiger partial charge in [0.15, 0.2) is 0 Å². The highest BCUT2D eigenvalue weighted by Crippen LogP contribution is 2.63. The lowest BCUT2D eigenvalue weighted by molar-refractivity contribution is 0.669. The summed E-state index contributed by atoms with van der Waals surface area (Å²) in [5.41, 5.74) is 19.5. The molecule has 1 spiro atoms. The first-order valence-corrected chi connectivity index (χ1v) is 19.5. The summed E-state index contributed by atoms with van der Waals surface area (Å²) in [6, 6.07) is 70.7. The van der Waals surface area contributed by atoms with Crippen molar-refractivity contribution in [3.8, 4) is 44.5 Å². The van der Waals surface area contributed by atoms with E-state index in [9.17, 15) is 0 Å². The molecule has 0 saturated carbocycles. The normalized spacial score (nSPS) is 13.1. The molecule has 0 N–H and O–H groups in total. The van der Waals surface area contributed by atoms with Gasteiger partial charge in [0.1, 0.15) is 11.2 Å². The van der Waals surface area contributed by atoms with Crippen molar-refractivity contribution in [1.29, 1.82) is 0 Å². The first-order chi connectivity index (χ1) is 28.3. The lowest BCUT2D eigenvalue weighted by atomic mass is 9.70. The summed E-state index contributed by atoms with van der Waals surface area (Å²) in [4.78, 5) is 6.84. The molecule has 0 radical (unpaired) electrons. The molecule has 0 bridgehead atoms. The van der Waals surface area contributed by atoms with Crippen LogP contribution in [0.15, 0.2) is 211 Å². The average Bonchev–Trinajstić information content (AvgIpc) is 3.91. The van der Waals surface area contributed by atoms with E-state index in [1.807, 2.05) is 24.5 Å². The quantitative estimate of drug-likeness (QED) is 0.177. The third-order valence-corrected chi connectivity index (χ3v) is 12.2. The van der Waals surface area contributed by atoms with Crippen molar-refractivity contribution in [2.24, 2.45) is 0 Å². The number of fused-ring (bicyclic) bond motifs is 13. The SMILES string of the molecule is c1cncc(-c2ccc(N(c3ccc4c(c3)C3(c5ccccc5-c5ccccc53)c3ccccc3-4)c3ccccc3-c3cccc4oc5ccccc5c34)cc2)c1. The van der Waals surface area contributed by atoms with Gasteiger partial charge in [-0.05, 0) is 110 Å². The van der Waals surface area contributed by atoms with Crippen molar-refractivity contribution in [3.05, 3.63) is 229 Å². The second-order valence-corrected chi connectivity index (χ2v) is 15.0. The van der Waals surface area contributed by atoms with Gasteiger partial charge in [-0.2, -0.15) is 0 Å². The Morgan fingerprint density at radius 1 is 0.404 bits per heavy atom. The van der Waals surface area contributed by atoms with Gasteiger partial charge < -0.3 is 9.32 Å². The molecule has 0 saturated heterocycles. The molecule has 2 aromatic heterocycles. The Hall–Kier alpha value is -7.49. The molecule has 3 heteroatoms. The Kier molecular flexibility index (Phi) is 6.84. The Morgan fingerprint density at radius 3 is 1.68 bits per heavy atom. The van der Waals surface area contributed by atoms with E-state index in [2.05, 4.69) is 192 Å². The number of rotatable bonds is 5. The van der Waals surface area contributed by atoms with Gasteiger partial charge >= 0.3 is 0 Å². The number of aromatic nitrogens is 1. The van der Waals surface area contributed by atoms with Gasteiger partial charge in [-0.3, -0.25) is 4.98 Å². The number of furan rings is 1. The molecule has 0 fully saturated rings. The van der Waals surface area contributed by atoms with Crippen LogP contribution in [0.4, 0.5) is 17.1 Å². The predicted molar refractivity (Wildman–Crippen MR) is 233 cm³/mol. The van der Waals surface area contributed by atoms with Crippen LogP contribution in [0.1, 0.15) is 22.3 Å². The van der Waals surface area contributed by atoms with Gasteiger partial charge in [0.2, 0.25) is 0 Å². The van der Waals surface area contributed by atoms with Gasteiger partial charge in [0, 0.05) is 40.1 Å². The highest BCUT2D eigenvalue weighted by atomic mass is 16.3. The van der Waals surface area contributed by atoms with E-state index < -0.39 is 5.41 Å². The topological polar surface area (TPSA) is 29.3 Å². The summed E-state index contributed by atoms with van der Waals surface area (Å²) < 4.78 is 6.41. The number of benzene rings is 8. The number of para-hydroxylation sites is 2. The maximum atomic E-state index is 6.41. The summed E-state index contributed by atoms with van der Waals surface area (Å²) in [6.07, 6.45) is 3.74. The molecule has 0 unspecified atom stereocenters. The zero-order valence-electron chi connectivity index (χ0n) is 30.9. The van der Waals surface area contributed by atoms with Crippen molar-refractivity contribution >= 4 is 39.0 Å². The molecule has 10 aromatic rings. The van der Waals surface area contributed by atoms with Gasteiger partial charge in [0.05, 0.1) is 11.1 Å². The van der Waals surface area contributed by atoms with Crippen LogP contribution in [-0.4, -0.2) is 4.98 Å². The van der Waals surface area contributed by atoms with Gasteiger partial charge in [-0.1, -0.05) is 146 Å². The predicted octanol–water partition coefficient (Wildman–Crippen LogP) is 14.1. The van der Waals surface area contributed by atoms with Crippen LogP contribution < -0.4 is 4.90 Å². The van der Waals surface area contributed by atoms with E-state index in [4.69, 9.17) is 4.42 Å². The van der Waals surface area contributed by atoms with Gasteiger partial charge in [-0.15, -0.1) is 0 Å². The smallest absolute Gasteiger partial charge is 0.136 e. The Morgan fingerprint density at radius 2 is 0.982 bits per heavy atom. The number of hydrogen-bond donors (Lipinski definition) is 0. The monoisotopic (exact) mass is 726 g/mol. The molecule has 266 valence electrons. The van der Waals surface area contributed by atoms with Crippen molar-refractivity contribution in [2.75, 3.05) is 4.90 Å². The van der Waals surface area contributed by atoms with Gasteiger partial charge in [-0.25, -0.2) is 0 Å². The molecule has 2 aliphatic rings. The third kappa shape index (κ3) is 4.51. The van der Waals surface area contributed by atoms with Crippen LogP contribution in [0.2, 0.25) is 0 Å². The van der Waals surface area contributed by atoms with Crippen LogP contribution in [0, 0.1) is 0 Å². The third-order valence-electron chi connectivity index (χ3n) is 12.2. The molecule has 2 heterocycles. The minimum absolute atomic E-state index is 0.453. The first kappa shape index (κ1) is 31.8. The molecule has 0 atom stereocenters. The minimum Gasteiger partial charge on any atom is -0.456 e. The molecule has 0 aliphatic heterocycles. The molecule has 12 rings (SSSR count). The summed E-state index contributed by atoms with van der Waals surface area (Å²) in [5.74, 6) is 0. The fraction of sp³-hybridized carbons (Fsp3) is 0.0185. The summed E-state index contributed by atoms with van der Waals surface area (Å²) in [7, 11) is 0.